The second kappa shape index (κ2) is 6.92. The third kappa shape index (κ3) is 5.21. The molecule has 0 aliphatic heterocycles. The number of nitrogens with one attached hydrogen (secondary N) is 1. The van der Waals surface area contributed by atoms with Gasteiger partial charge in [-0.05, 0) is 51.4 Å². The van der Waals surface area contributed by atoms with E-state index in [9.17, 15) is 5.11 Å². The zero-order valence-corrected chi connectivity index (χ0v) is 13.0. The SMILES string of the molecule is CCNCc1ccc(N(CC)CC(C)(C)O)c(C)c1. The fourth-order valence-electron chi connectivity index (χ4n) is 2.29. The third-order valence-electron chi connectivity index (χ3n) is 3.14. The number of hydrogen-bond acceptors (Lipinski definition) is 3. The number of hydrogen-bond donors (Lipinski definition) is 2. The summed E-state index contributed by atoms with van der Waals surface area (Å²) < 4.78 is 0. The summed E-state index contributed by atoms with van der Waals surface area (Å²) in [4.78, 5) is 2.23. The Labute approximate surface area is 117 Å². The summed E-state index contributed by atoms with van der Waals surface area (Å²) in [5.41, 5.74) is 3.11. The Balaban J connectivity index is 2.87. The molecule has 3 nitrogen and oxygen atoms in total. The first kappa shape index (κ1) is 16.0. The smallest absolute Gasteiger partial charge is 0.0765 e. The molecule has 0 fully saturated rings. The second-order valence-electron chi connectivity index (χ2n) is 5.73. The van der Waals surface area contributed by atoms with Crippen LogP contribution in [-0.4, -0.2) is 30.3 Å². The minimum atomic E-state index is -0.676. The Kier molecular flexibility index (Phi) is 5.83. The highest BCUT2D eigenvalue weighted by molar-refractivity contribution is 5.54. The zero-order valence-electron chi connectivity index (χ0n) is 13.0. The van der Waals surface area contributed by atoms with Gasteiger partial charge in [-0.15, -0.1) is 0 Å². The molecule has 0 aromatic heterocycles. The molecule has 0 unspecified atom stereocenters. The van der Waals surface area contributed by atoms with E-state index in [-0.39, 0.29) is 0 Å². The summed E-state index contributed by atoms with van der Waals surface area (Å²) in [6.45, 7) is 13.5. The highest BCUT2D eigenvalue weighted by Crippen LogP contribution is 2.23. The molecule has 0 saturated carbocycles. The molecule has 0 radical (unpaired) electrons. The van der Waals surface area contributed by atoms with Crippen LogP contribution in [0.5, 0.6) is 0 Å². The standard InChI is InChI=1S/C16H28N2O/c1-6-17-11-14-8-9-15(13(3)10-14)18(7-2)12-16(4,5)19/h8-10,17,19H,6-7,11-12H2,1-5H3. The van der Waals surface area contributed by atoms with Crippen LogP contribution in [0.4, 0.5) is 5.69 Å². The molecule has 0 saturated heterocycles. The average molecular weight is 264 g/mol. The molecule has 108 valence electrons. The first-order valence-electron chi connectivity index (χ1n) is 7.15. The van der Waals surface area contributed by atoms with E-state index in [1.807, 2.05) is 13.8 Å². The molecule has 1 aromatic rings. The lowest BCUT2D eigenvalue weighted by Gasteiger charge is -2.31. The maximum atomic E-state index is 9.99. The van der Waals surface area contributed by atoms with E-state index >= 15 is 0 Å². The van der Waals surface area contributed by atoms with Crippen LogP contribution >= 0.6 is 0 Å². The molecule has 1 aromatic carbocycles. The summed E-state index contributed by atoms with van der Waals surface area (Å²) in [5, 5.41) is 13.3. The van der Waals surface area contributed by atoms with E-state index in [4.69, 9.17) is 0 Å². The number of aryl methyl sites for hydroxylation is 1. The van der Waals surface area contributed by atoms with Crippen molar-refractivity contribution in [1.82, 2.24) is 5.32 Å². The Morgan fingerprint density at radius 2 is 1.95 bits per heavy atom. The van der Waals surface area contributed by atoms with Gasteiger partial charge in [-0.1, -0.05) is 19.1 Å². The van der Waals surface area contributed by atoms with Gasteiger partial charge in [0, 0.05) is 25.3 Å². The molecule has 19 heavy (non-hydrogen) atoms. The Morgan fingerprint density at radius 1 is 1.26 bits per heavy atom. The monoisotopic (exact) mass is 264 g/mol. The van der Waals surface area contributed by atoms with E-state index in [0.29, 0.717) is 6.54 Å². The summed E-state index contributed by atoms with van der Waals surface area (Å²) >= 11 is 0. The van der Waals surface area contributed by atoms with Crippen LogP contribution in [0.25, 0.3) is 0 Å². The van der Waals surface area contributed by atoms with E-state index < -0.39 is 5.60 Å². The Hall–Kier alpha value is -1.06. The Morgan fingerprint density at radius 3 is 2.42 bits per heavy atom. The fraction of sp³-hybridized carbons (Fsp3) is 0.625. The first-order valence-corrected chi connectivity index (χ1v) is 7.15. The van der Waals surface area contributed by atoms with Crippen molar-refractivity contribution in [2.24, 2.45) is 0 Å². The van der Waals surface area contributed by atoms with E-state index in [1.54, 1.807) is 0 Å². The van der Waals surface area contributed by atoms with Crippen molar-refractivity contribution in [1.29, 1.82) is 0 Å². The summed E-state index contributed by atoms with van der Waals surface area (Å²) in [6, 6.07) is 6.56. The fourth-order valence-corrected chi connectivity index (χ4v) is 2.29. The predicted octanol–water partition coefficient (Wildman–Crippen LogP) is 2.70. The molecule has 0 aliphatic rings. The Bertz CT molecular complexity index is 396. The van der Waals surface area contributed by atoms with Crippen molar-refractivity contribution >= 4 is 5.69 Å². The van der Waals surface area contributed by atoms with Gasteiger partial charge in [0.1, 0.15) is 0 Å². The van der Waals surface area contributed by atoms with Gasteiger partial charge in [-0.25, -0.2) is 0 Å². The minimum absolute atomic E-state index is 0.650. The number of aliphatic hydroxyl groups is 1. The van der Waals surface area contributed by atoms with Gasteiger partial charge < -0.3 is 15.3 Å². The van der Waals surface area contributed by atoms with E-state index in [0.717, 1.165) is 19.6 Å². The largest absolute Gasteiger partial charge is 0.389 e. The second-order valence-corrected chi connectivity index (χ2v) is 5.73. The van der Waals surface area contributed by atoms with Gasteiger partial charge in [0.05, 0.1) is 5.60 Å². The van der Waals surface area contributed by atoms with Crippen LogP contribution in [-0.2, 0) is 6.54 Å². The van der Waals surface area contributed by atoms with E-state index in [1.165, 1.54) is 16.8 Å². The molecule has 0 spiro atoms. The first-order chi connectivity index (χ1) is 8.87. The number of nitrogens with zero attached hydrogens (tertiary/aromatic N) is 1. The van der Waals surface area contributed by atoms with Crippen molar-refractivity contribution in [2.45, 2.75) is 46.8 Å². The van der Waals surface area contributed by atoms with Gasteiger partial charge >= 0.3 is 0 Å². The molecule has 1 rings (SSSR count). The molecule has 0 atom stereocenters. The number of benzene rings is 1. The van der Waals surface area contributed by atoms with Crippen LogP contribution in [0.3, 0.4) is 0 Å². The van der Waals surface area contributed by atoms with Crippen molar-refractivity contribution in [3.05, 3.63) is 29.3 Å². The summed E-state index contributed by atoms with van der Waals surface area (Å²) in [5.74, 6) is 0. The van der Waals surface area contributed by atoms with Crippen LogP contribution < -0.4 is 10.2 Å². The number of rotatable bonds is 7. The maximum absolute atomic E-state index is 9.99. The molecule has 0 heterocycles. The molecule has 3 heteroatoms. The lowest BCUT2D eigenvalue weighted by atomic mass is 10.1. The van der Waals surface area contributed by atoms with Crippen molar-refractivity contribution < 1.29 is 5.11 Å². The highest BCUT2D eigenvalue weighted by atomic mass is 16.3. The van der Waals surface area contributed by atoms with Gasteiger partial charge in [0.15, 0.2) is 0 Å². The van der Waals surface area contributed by atoms with E-state index in [2.05, 4.69) is 49.2 Å². The molecule has 0 bridgehead atoms. The van der Waals surface area contributed by atoms with Crippen LogP contribution in [0.2, 0.25) is 0 Å². The highest BCUT2D eigenvalue weighted by Gasteiger charge is 2.18. The number of anilines is 1. The zero-order chi connectivity index (χ0) is 14.5. The molecule has 2 N–H and O–H groups in total. The molecular weight excluding hydrogens is 236 g/mol. The number of likely N-dealkylation sites (N-methyl/N-ethyl adjacent to an activating group) is 1. The van der Waals surface area contributed by atoms with Crippen LogP contribution in [0, 0.1) is 6.92 Å². The summed E-state index contributed by atoms with van der Waals surface area (Å²) in [6.07, 6.45) is 0. The quantitative estimate of drug-likeness (QED) is 0.795. The van der Waals surface area contributed by atoms with Crippen LogP contribution in [0.15, 0.2) is 18.2 Å². The lowest BCUT2D eigenvalue weighted by Crippen LogP contribution is -2.38. The molecule has 0 amide bonds. The van der Waals surface area contributed by atoms with Gasteiger partial charge in [-0.3, -0.25) is 0 Å². The van der Waals surface area contributed by atoms with Gasteiger partial charge in [0.25, 0.3) is 0 Å². The third-order valence-corrected chi connectivity index (χ3v) is 3.14. The molecule has 0 aliphatic carbocycles. The molecular formula is C16H28N2O. The van der Waals surface area contributed by atoms with Gasteiger partial charge in [0.2, 0.25) is 0 Å². The lowest BCUT2D eigenvalue weighted by molar-refractivity contribution is 0.0876. The van der Waals surface area contributed by atoms with Crippen LogP contribution in [0.1, 0.15) is 38.8 Å². The minimum Gasteiger partial charge on any atom is -0.389 e. The predicted molar refractivity (Wildman–Crippen MR) is 82.7 cm³/mol. The van der Waals surface area contributed by atoms with Crippen molar-refractivity contribution in [3.8, 4) is 0 Å². The van der Waals surface area contributed by atoms with Gasteiger partial charge in [-0.2, -0.15) is 0 Å². The maximum Gasteiger partial charge on any atom is 0.0765 e. The van der Waals surface area contributed by atoms with Crippen molar-refractivity contribution in [3.63, 3.8) is 0 Å². The summed E-state index contributed by atoms with van der Waals surface area (Å²) in [7, 11) is 0. The average Bonchev–Trinajstić information content (AvgIpc) is 2.33. The van der Waals surface area contributed by atoms with Crippen molar-refractivity contribution in [2.75, 3.05) is 24.5 Å². The topological polar surface area (TPSA) is 35.5 Å². The normalized spacial score (nSPS) is 11.7.